The molecule has 0 bridgehead atoms. The van der Waals surface area contributed by atoms with E-state index in [0.29, 0.717) is 22.6 Å². The van der Waals surface area contributed by atoms with Crippen molar-refractivity contribution in [3.05, 3.63) is 75.0 Å². The predicted octanol–water partition coefficient (Wildman–Crippen LogP) is 5.13. The molecule has 23 heavy (non-hydrogen) atoms. The Morgan fingerprint density at radius 3 is 2.48 bits per heavy atom. The van der Waals surface area contributed by atoms with Gasteiger partial charge >= 0.3 is 0 Å². The van der Waals surface area contributed by atoms with E-state index in [-0.39, 0.29) is 5.43 Å². The quantitative estimate of drug-likeness (QED) is 0.700. The molecular weight excluding hydrogens is 308 g/mol. The lowest BCUT2D eigenvalue weighted by molar-refractivity contribution is 1.14. The normalized spacial score (nSPS) is 10.1. The fourth-order valence-corrected chi connectivity index (χ4v) is 2.39. The van der Waals surface area contributed by atoms with Gasteiger partial charge in [-0.15, -0.1) is 0 Å². The molecule has 1 aromatic heterocycles. The standard InChI is InChI=1S/C17H15ClN2O.C2H6/c1-11-2-7-15-14(8-11)17(21)16(10-20-15)19-9-12-3-5-13(18)6-4-12;1-2/h2-8,10,19H,9H2,1H3,(H,20,21);1-2H3. The van der Waals surface area contributed by atoms with E-state index in [1.807, 2.05) is 63.2 Å². The molecule has 0 radical (unpaired) electrons. The monoisotopic (exact) mass is 328 g/mol. The first-order valence-electron chi connectivity index (χ1n) is 7.74. The van der Waals surface area contributed by atoms with Gasteiger partial charge in [0, 0.05) is 28.7 Å². The zero-order valence-corrected chi connectivity index (χ0v) is 14.4. The number of hydrogen-bond donors (Lipinski definition) is 2. The highest BCUT2D eigenvalue weighted by Gasteiger charge is 2.05. The maximum Gasteiger partial charge on any atom is 0.212 e. The van der Waals surface area contributed by atoms with Crippen LogP contribution in [0.3, 0.4) is 0 Å². The number of aromatic nitrogens is 1. The van der Waals surface area contributed by atoms with Crippen molar-refractivity contribution in [1.82, 2.24) is 4.98 Å². The molecule has 3 rings (SSSR count). The van der Waals surface area contributed by atoms with Crippen LogP contribution in [0, 0.1) is 6.92 Å². The average Bonchev–Trinajstić information content (AvgIpc) is 2.58. The van der Waals surface area contributed by atoms with Crippen molar-refractivity contribution < 1.29 is 0 Å². The smallest absolute Gasteiger partial charge is 0.212 e. The number of rotatable bonds is 3. The maximum absolute atomic E-state index is 12.5. The largest absolute Gasteiger partial charge is 0.377 e. The molecule has 0 fully saturated rings. The lowest BCUT2D eigenvalue weighted by atomic mass is 10.1. The number of fused-ring (bicyclic) bond motifs is 1. The Balaban J connectivity index is 0.000000924. The van der Waals surface area contributed by atoms with E-state index in [4.69, 9.17) is 11.6 Å². The highest BCUT2D eigenvalue weighted by molar-refractivity contribution is 6.30. The molecule has 0 saturated carbocycles. The summed E-state index contributed by atoms with van der Waals surface area (Å²) < 4.78 is 0. The lowest BCUT2D eigenvalue weighted by Crippen LogP contribution is -2.12. The molecule has 1 heterocycles. The zero-order chi connectivity index (χ0) is 16.8. The van der Waals surface area contributed by atoms with Crippen molar-refractivity contribution >= 4 is 28.2 Å². The Labute approximate surface area is 141 Å². The van der Waals surface area contributed by atoms with Gasteiger partial charge in [-0.1, -0.05) is 49.2 Å². The third kappa shape index (κ3) is 4.14. The third-order valence-corrected chi connectivity index (χ3v) is 3.68. The molecule has 0 atom stereocenters. The SMILES string of the molecule is CC.Cc1ccc2[nH]cc(NCc3ccc(Cl)cc3)c(=O)c2c1. The molecular formula is C19H21ClN2O. The van der Waals surface area contributed by atoms with Gasteiger partial charge in [0.1, 0.15) is 0 Å². The van der Waals surface area contributed by atoms with Crippen LogP contribution in [-0.2, 0) is 6.54 Å². The molecule has 0 spiro atoms. The summed E-state index contributed by atoms with van der Waals surface area (Å²) in [6.07, 6.45) is 1.72. The number of aryl methyl sites for hydroxylation is 1. The van der Waals surface area contributed by atoms with Gasteiger partial charge in [0.2, 0.25) is 5.43 Å². The molecule has 2 aromatic carbocycles. The highest BCUT2D eigenvalue weighted by atomic mass is 35.5. The second kappa shape index (κ2) is 7.84. The van der Waals surface area contributed by atoms with E-state index in [1.165, 1.54) is 0 Å². The second-order valence-corrected chi connectivity index (χ2v) is 5.50. The molecule has 0 amide bonds. The van der Waals surface area contributed by atoms with Crippen molar-refractivity contribution in [2.45, 2.75) is 27.3 Å². The Morgan fingerprint density at radius 1 is 1.09 bits per heavy atom. The van der Waals surface area contributed by atoms with Gasteiger partial charge in [-0.25, -0.2) is 0 Å². The highest BCUT2D eigenvalue weighted by Crippen LogP contribution is 2.14. The molecule has 2 N–H and O–H groups in total. The summed E-state index contributed by atoms with van der Waals surface area (Å²) in [4.78, 5) is 15.6. The molecule has 0 aliphatic heterocycles. The predicted molar refractivity (Wildman–Crippen MR) is 99.4 cm³/mol. The number of H-pyrrole nitrogens is 1. The topological polar surface area (TPSA) is 44.9 Å². The fourth-order valence-electron chi connectivity index (χ4n) is 2.26. The van der Waals surface area contributed by atoms with E-state index < -0.39 is 0 Å². The van der Waals surface area contributed by atoms with Crippen molar-refractivity contribution in [3.8, 4) is 0 Å². The van der Waals surface area contributed by atoms with Crippen LogP contribution >= 0.6 is 11.6 Å². The van der Waals surface area contributed by atoms with Gasteiger partial charge in [0.15, 0.2) is 0 Å². The fraction of sp³-hybridized carbons (Fsp3) is 0.211. The Kier molecular flexibility index (Phi) is 5.83. The summed E-state index contributed by atoms with van der Waals surface area (Å²) in [6, 6.07) is 13.4. The Bertz CT molecular complexity index is 838. The van der Waals surface area contributed by atoms with Crippen LogP contribution in [-0.4, -0.2) is 4.98 Å². The average molecular weight is 329 g/mol. The number of benzene rings is 2. The maximum atomic E-state index is 12.5. The first-order chi connectivity index (χ1) is 11.1. The second-order valence-electron chi connectivity index (χ2n) is 5.06. The minimum absolute atomic E-state index is 0.0152. The molecule has 3 aromatic rings. The summed E-state index contributed by atoms with van der Waals surface area (Å²) in [5, 5.41) is 4.58. The van der Waals surface area contributed by atoms with Gasteiger partial charge < -0.3 is 10.3 Å². The molecule has 4 heteroatoms. The number of nitrogens with one attached hydrogen (secondary N) is 2. The van der Waals surface area contributed by atoms with E-state index in [0.717, 1.165) is 16.6 Å². The molecule has 3 nitrogen and oxygen atoms in total. The van der Waals surface area contributed by atoms with E-state index in [1.54, 1.807) is 6.20 Å². The van der Waals surface area contributed by atoms with Gasteiger partial charge in [-0.2, -0.15) is 0 Å². The number of hydrogen-bond acceptors (Lipinski definition) is 2. The molecule has 0 unspecified atom stereocenters. The summed E-state index contributed by atoms with van der Waals surface area (Å²) in [7, 11) is 0. The summed E-state index contributed by atoms with van der Waals surface area (Å²) in [6.45, 7) is 6.56. The minimum Gasteiger partial charge on any atom is -0.377 e. The number of aromatic amines is 1. The Morgan fingerprint density at radius 2 is 1.78 bits per heavy atom. The number of anilines is 1. The van der Waals surface area contributed by atoms with E-state index in [2.05, 4.69) is 10.3 Å². The van der Waals surface area contributed by atoms with Gasteiger partial charge in [-0.3, -0.25) is 4.79 Å². The molecule has 0 saturated heterocycles. The number of halogens is 1. The van der Waals surface area contributed by atoms with Gasteiger partial charge in [0.05, 0.1) is 5.69 Å². The van der Waals surface area contributed by atoms with Gasteiger partial charge in [-0.05, 0) is 36.8 Å². The summed E-state index contributed by atoms with van der Waals surface area (Å²) in [5.41, 5.74) is 3.58. The van der Waals surface area contributed by atoms with Crippen molar-refractivity contribution in [3.63, 3.8) is 0 Å². The zero-order valence-electron chi connectivity index (χ0n) is 13.6. The van der Waals surface area contributed by atoms with Crippen LogP contribution in [0.5, 0.6) is 0 Å². The molecule has 0 aliphatic rings. The number of pyridine rings is 1. The Hall–Kier alpha value is -2.26. The van der Waals surface area contributed by atoms with E-state index >= 15 is 0 Å². The molecule has 120 valence electrons. The van der Waals surface area contributed by atoms with Crippen molar-refractivity contribution in [2.75, 3.05) is 5.32 Å². The van der Waals surface area contributed by atoms with Crippen LogP contribution in [0.2, 0.25) is 5.02 Å². The van der Waals surface area contributed by atoms with Crippen LogP contribution in [0.15, 0.2) is 53.5 Å². The van der Waals surface area contributed by atoms with E-state index in [9.17, 15) is 4.79 Å². The minimum atomic E-state index is 0.0152. The van der Waals surface area contributed by atoms with Crippen molar-refractivity contribution in [1.29, 1.82) is 0 Å². The van der Waals surface area contributed by atoms with Crippen LogP contribution < -0.4 is 10.7 Å². The first-order valence-corrected chi connectivity index (χ1v) is 8.11. The first kappa shape index (κ1) is 17.1. The van der Waals surface area contributed by atoms with Crippen LogP contribution in [0.25, 0.3) is 10.9 Å². The van der Waals surface area contributed by atoms with Crippen LogP contribution in [0.4, 0.5) is 5.69 Å². The summed E-state index contributed by atoms with van der Waals surface area (Å²) in [5.74, 6) is 0. The lowest BCUT2D eigenvalue weighted by Gasteiger charge is -2.08. The third-order valence-electron chi connectivity index (χ3n) is 3.43. The van der Waals surface area contributed by atoms with Crippen LogP contribution in [0.1, 0.15) is 25.0 Å². The summed E-state index contributed by atoms with van der Waals surface area (Å²) >= 11 is 5.86. The van der Waals surface area contributed by atoms with Crippen molar-refractivity contribution in [2.24, 2.45) is 0 Å². The van der Waals surface area contributed by atoms with Gasteiger partial charge in [0.25, 0.3) is 0 Å². The molecule has 0 aliphatic carbocycles.